The van der Waals surface area contributed by atoms with Crippen molar-refractivity contribution in [2.24, 2.45) is 5.73 Å². The highest BCUT2D eigenvalue weighted by molar-refractivity contribution is 5.82. The van der Waals surface area contributed by atoms with Gasteiger partial charge in [0.05, 0.1) is 0 Å². The van der Waals surface area contributed by atoms with Crippen molar-refractivity contribution in [2.75, 3.05) is 0 Å². The summed E-state index contributed by atoms with van der Waals surface area (Å²) in [4.78, 5) is 0. The Morgan fingerprint density at radius 3 is 2.41 bits per heavy atom. The molecule has 0 spiro atoms. The van der Waals surface area contributed by atoms with Crippen LogP contribution in [-0.4, -0.2) is 0 Å². The van der Waals surface area contributed by atoms with Gasteiger partial charge in [-0.15, -0.1) is 0 Å². The lowest BCUT2D eigenvalue weighted by Gasteiger charge is -2.24. The normalized spacial score (nSPS) is 17.9. The lowest BCUT2D eigenvalue weighted by Crippen LogP contribution is -2.28. The quantitative estimate of drug-likeness (QED) is 0.778. The minimum Gasteiger partial charge on any atom is -0.372 e. The van der Waals surface area contributed by atoms with Gasteiger partial charge < -0.3 is 11.1 Å². The fraction of sp³-hybridized carbons (Fsp3) is 0.0667. The third-order valence-corrected chi connectivity index (χ3v) is 3.08. The van der Waals surface area contributed by atoms with Crippen molar-refractivity contribution in [3.8, 4) is 0 Å². The number of hydrogen-bond donors (Lipinski definition) is 2. The molecule has 84 valence electrons. The van der Waals surface area contributed by atoms with Gasteiger partial charge in [0, 0.05) is 11.8 Å². The maximum Gasteiger partial charge on any atom is 0.101 e. The van der Waals surface area contributed by atoms with Gasteiger partial charge in [0.2, 0.25) is 0 Å². The molecule has 2 aromatic rings. The second kappa shape index (κ2) is 4.07. The van der Waals surface area contributed by atoms with Crippen LogP contribution in [0.5, 0.6) is 0 Å². The van der Waals surface area contributed by atoms with Crippen LogP contribution in [0.15, 0.2) is 60.8 Å². The van der Waals surface area contributed by atoms with Gasteiger partial charge in [0.25, 0.3) is 0 Å². The molecule has 0 fully saturated rings. The van der Waals surface area contributed by atoms with E-state index in [4.69, 9.17) is 5.73 Å². The van der Waals surface area contributed by atoms with Gasteiger partial charge in [0.15, 0.2) is 0 Å². The third-order valence-electron chi connectivity index (χ3n) is 3.08. The average Bonchev–Trinajstić information content (AvgIpc) is 2.41. The zero-order valence-corrected chi connectivity index (χ0v) is 9.43. The molecular weight excluding hydrogens is 208 g/mol. The number of nitrogens with two attached hydrogens (primary N) is 1. The van der Waals surface area contributed by atoms with Gasteiger partial charge in [-0.25, -0.2) is 0 Å². The molecule has 0 aliphatic carbocycles. The highest BCUT2D eigenvalue weighted by atomic mass is 15.0. The summed E-state index contributed by atoms with van der Waals surface area (Å²) in [5.41, 5.74) is 10.8. The van der Waals surface area contributed by atoms with E-state index in [0.29, 0.717) is 0 Å². The van der Waals surface area contributed by atoms with E-state index in [2.05, 4.69) is 29.6 Å². The maximum absolute atomic E-state index is 6.03. The Bertz CT molecular complexity index is 558. The second-order valence-corrected chi connectivity index (χ2v) is 4.16. The minimum absolute atomic E-state index is 0.112. The molecule has 0 bridgehead atoms. The Kier molecular flexibility index (Phi) is 2.42. The molecule has 1 aliphatic heterocycles. The first kappa shape index (κ1) is 10.1. The molecule has 1 unspecified atom stereocenters. The predicted octanol–water partition coefficient (Wildman–Crippen LogP) is 2.64. The van der Waals surface area contributed by atoms with Gasteiger partial charge >= 0.3 is 0 Å². The molecule has 0 aromatic heterocycles. The van der Waals surface area contributed by atoms with Gasteiger partial charge in [-0.05, 0) is 16.7 Å². The number of fused-ring (bicyclic) bond motifs is 1. The van der Waals surface area contributed by atoms with Crippen molar-refractivity contribution in [1.29, 1.82) is 0 Å². The number of nitrogens with one attached hydrogen (secondary N) is 1. The summed E-state index contributed by atoms with van der Waals surface area (Å²) >= 11 is 0. The van der Waals surface area contributed by atoms with E-state index >= 15 is 0 Å². The molecule has 2 heteroatoms. The highest BCUT2D eigenvalue weighted by Crippen LogP contribution is 2.30. The van der Waals surface area contributed by atoms with E-state index in [1.54, 1.807) is 0 Å². The lowest BCUT2D eigenvalue weighted by molar-refractivity contribution is 0.644. The lowest BCUT2D eigenvalue weighted by atomic mass is 9.91. The zero-order chi connectivity index (χ0) is 11.7. The van der Waals surface area contributed by atoms with Crippen LogP contribution < -0.4 is 11.1 Å². The van der Waals surface area contributed by atoms with Crippen LogP contribution in [0.1, 0.15) is 22.9 Å². The maximum atomic E-state index is 6.03. The summed E-state index contributed by atoms with van der Waals surface area (Å²) in [6, 6.07) is 18.6. The van der Waals surface area contributed by atoms with E-state index < -0.39 is 0 Å². The fourth-order valence-electron chi connectivity index (χ4n) is 2.21. The smallest absolute Gasteiger partial charge is 0.101 e. The first-order valence-electron chi connectivity index (χ1n) is 5.73. The molecule has 1 heterocycles. The summed E-state index contributed by atoms with van der Waals surface area (Å²) in [6.07, 6.45) is 1.89. The summed E-state index contributed by atoms with van der Waals surface area (Å²) in [5.74, 6) is 0. The van der Waals surface area contributed by atoms with Crippen LogP contribution >= 0.6 is 0 Å². The average molecular weight is 222 g/mol. The summed E-state index contributed by atoms with van der Waals surface area (Å²) in [6.45, 7) is 0. The largest absolute Gasteiger partial charge is 0.372 e. The van der Waals surface area contributed by atoms with Crippen LogP contribution in [-0.2, 0) is 0 Å². The Labute approximate surface area is 101 Å². The summed E-state index contributed by atoms with van der Waals surface area (Å²) in [5, 5.41) is 3.20. The molecule has 3 rings (SSSR count). The third kappa shape index (κ3) is 1.73. The zero-order valence-electron chi connectivity index (χ0n) is 9.43. The molecule has 3 N–H and O–H groups in total. The summed E-state index contributed by atoms with van der Waals surface area (Å²) in [7, 11) is 0. The topological polar surface area (TPSA) is 38.0 Å². The van der Waals surface area contributed by atoms with Gasteiger partial charge in [0.1, 0.15) is 6.17 Å². The number of benzene rings is 2. The fourth-order valence-corrected chi connectivity index (χ4v) is 2.21. The first-order valence-corrected chi connectivity index (χ1v) is 5.73. The van der Waals surface area contributed by atoms with Crippen molar-refractivity contribution >= 4 is 5.57 Å². The first-order chi connectivity index (χ1) is 8.36. The van der Waals surface area contributed by atoms with Crippen molar-refractivity contribution < 1.29 is 0 Å². The molecule has 1 aliphatic rings. The molecule has 0 amide bonds. The van der Waals surface area contributed by atoms with Crippen LogP contribution in [0.25, 0.3) is 5.57 Å². The Morgan fingerprint density at radius 1 is 0.882 bits per heavy atom. The predicted molar refractivity (Wildman–Crippen MR) is 70.0 cm³/mol. The standard InChI is InChI=1S/C15H14N2/c16-15-13-9-5-4-8-12(13)14(10-17-15)11-6-2-1-3-7-11/h1-10,15,17H,16H2. The molecule has 0 saturated carbocycles. The Balaban J connectivity index is 2.14. The molecule has 2 nitrogen and oxygen atoms in total. The van der Waals surface area contributed by atoms with Crippen molar-refractivity contribution in [1.82, 2.24) is 5.32 Å². The SMILES string of the molecule is NC1NC=C(c2ccccc2)c2ccccc21. The van der Waals surface area contributed by atoms with E-state index in [0.717, 1.165) is 5.56 Å². The summed E-state index contributed by atoms with van der Waals surface area (Å²) < 4.78 is 0. The van der Waals surface area contributed by atoms with E-state index in [1.807, 2.05) is 36.5 Å². The molecule has 2 aromatic carbocycles. The monoisotopic (exact) mass is 222 g/mol. The van der Waals surface area contributed by atoms with E-state index in [-0.39, 0.29) is 6.17 Å². The van der Waals surface area contributed by atoms with Crippen LogP contribution in [0.4, 0.5) is 0 Å². The van der Waals surface area contributed by atoms with Crippen LogP contribution in [0.2, 0.25) is 0 Å². The van der Waals surface area contributed by atoms with E-state index in [1.165, 1.54) is 16.7 Å². The molecule has 1 atom stereocenters. The van der Waals surface area contributed by atoms with Crippen LogP contribution in [0, 0.1) is 0 Å². The minimum atomic E-state index is -0.112. The van der Waals surface area contributed by atoms with E-state index in [9.17, 15) is 0 Å². The number of hydrogen-bond acceptors (Lipinski definition) is 2. The van der Waals surface area contributed by atoms with Crippen molar-refractivity contribution in [3.05, 3.63) is 77.5 Å². The second-order valence-electron chi connectivity index (χ2n) is 4.16. The van der Waals surface area contributed by atoms with Gasteiger partial charge in [-0.3, -0.25) is 0 Å². The van der Waals surface area contributed by atoms with Crippen LogP contribution in [0.3, 0.4) is 0 Å². The molecule has 17 heavy (non-hydrogen) atoms. The highest BCUT2D eigenvalue weighted by Gasteiger charge is 2.18. The molecule has 0 radical (unpaired) electrons. The van der Waals surface area contributed by atoms with Crippen molar-refractivity contribution in [3.63, 3.8) is 0 Å². The molecule has 0 saturated heterocycles. The van der Waals surface area contributed by atoms with Crippen molar-refractivity contribution in [2.45, 2.75) is 6.17 Å². The van der Waals surface area contributed by atoms with Gasteiger partial charge in [-0.1, -0.05) is 54.6 Å². The molecular formula is C15H14N2. The Hall–Kier alpha value is -2.06. The Morgan fingerprint density at radius 2 is 1.59 bits per heavy atom. The van der Waals surface area contributed by atoms with Gasteiger partial charge in [-0.2, -0.15) is 0 Å². The number of rotatable bonds is 1.